The van der Waals surface area contributed by atoms with E-state index in [9.17, 15) is 13.0 Å². The molecular formula is C15H15ClN3NaO4S. The van der Waals surface area contributed by atoms with Crippen molar-refractivity contribution < 1.29 is 47.3 Å². The number of rotatable bonds is 5. The molecule has 0 aliphatic heterocycles. The molecule has 0 spiro atoms. The SMILES string of the molecule is CCOc1cc(C)c(N=Nc2ccc(Cl)c(S(=O)(=O)[O-])c2)cc1N.[Na+]. The topological polar surface area (TPSA) is 117 Å². The molecular weight excluding hydrogens is 377 g/mol. The van der Waals surface area contributed by atoms with Gasteiger partial charge in [-0.25, -0.2) is 8.42 Å². The average molecular weight is 392 g/mol. The van der Waals surface area contributed by atoms with Crippen molar-refractivity contribution in [3.63, 3.8) is 0 Å². The Kier molecular flexibility index (Phi) is 7.86. The maximum atomic E-state index is 11.1. The number of azo groups is 1. The van der Waals surface area contributed by atoms with Gasteiger partial charge in [0.05, 0.1) is 33.6 Å². The molecule has 0 radical (unpaired) electrons. The summed E-state index contributed by atoms with van der Waals surface area (Å²) >= 11 is 5.71. The van der Waals surface area contributed by atoms with Crippen LogP contribution in [0.15, 0.2) is 45.5 Å². The molecule has 7 nitrogen and oxygen atoms in total. The first-order valence-corrected chi connectivity index (χ1v) is 8.71. The van der Waals surface area contributed by atoms with Crippen LogP contribution in [0.5, 0.6) is 5.75 Å². The fourth-order valence-electron chi connectivity index (χ4n) is 1.93. The maximum Gasteiger partial charge on any atom is 1.00 e. The molecule has 0 aromatic heterocycles. The van der Waals surface area contributed by atoms with E-state index in [4.69, 9.17) is 22.1 Å². The van der Waals surface area contributed by atoms with Crippen LogP contribution in [0.1, 0.15) is 12.5 Å². The Hall–Kier alpha value is -1.16. The predicted molar refractivity (Wildman–Crippen MR) is 90.4 cm³/mol. The second kappa shape index (κ2) is 8.98. The van der Waals surface area contributed by atoms with Crippen molar-refractivity contribution in [3.8, 4) is 5.75 Å². The minimum atomic E-state index is -4.69. The molecule has 2 rings (SSSR count). The van der Waals surface area contributed by atoms with E-state index < -0.39 is 15.0 Å². The fraction of sp³-hybridized carbons (Fsp3) is 0.200. The largest absolute Gasteiger partial charge is 1.00 e. The summed E-state index contributed by atoms with van der Waals surface area (Å²) in [5, 5.41) is 7.81. The zero-order valence-corrected chi connectivity index (χ0v) is 17.6. The van der Waals surface area contributed by atoms with Crippen LogP contribution in [0.2, 0.25) is 5.02 Å². The second-order valence-electron chi connectivity index (χ2n) is 4.88. The first kappa shape index (κ1) is 21.9. The van der Waals surface area contributed by atoms with Crippen molar-refractivity contribution in [2.24, 2.45) is 10.2 Å². The number of hydrogen-bond donors (Lipinski definition) is 1. The van der Waals surface area contributed by atoms with Gasteiger partial charge in [-0.05, 0) is 49.7 Å². The summed E-state index contributed by atoms with van der Waals surface area (Å²) in [7, 11) is -4.69. The summed E-state index contributed by atoms with van der Waals surface area (Å²) in [5.41, 5.74) is 7.75. The molecule has 0 heterocycles. The number of aryl methyl sites for hydroxylation is 1. The van der Waals surface area contributed by atoms with Crippen LogP contribution < -0.4 is 40.0 Å². The van der Waals surface area contributed by atoms with Gasteiger partial charge in [-0.2, -0.15) is 10.2 Å². The Bertz CT molecular complexity index is 904. The van der Waals surface area contributed by atoms with Gasteiger partial charge in [0.2, 0.25) is 0 Å². The molecule has 128 valence electrons. The van der Waals surface area contributed by atoms with Crippen LogP contribution in [0.4, 0.5) is 17.1 Å². The van der Waals surface area contributed by atoms with Crippen molar-refractivity contribution in [2.45, 2.75) is 18.7 Å². The Morgan fingerprint density at radius 2 is 1.92 bits per heavy atom. The molecule has 0 saturated carbocycles. The van der Waals surface area contributed by atoms with Gasteiger partial charge in [-0.1, -0.05) is 11.6 Å². The van der Waals surface area contributed by atoms with E-state index >= 15 is 0 Å². The predicted octanol–water partition coefficient (Wildman–Crippen LogP) is 0.953. The third kappa shape index (κ3) is 5.67. The van der Waals surface area contributed by atoms with E-state index in [2.05, 4.69) is 10.2 Å². The monoisotopic (exact) mass is 391 g/mol. The molecule has 0 bridgehead atoms. The van der Waals surface area contributed by atoms with Gasteiger partial charge >= 0.3 is 29.6 Å². The minimum Gasteiger partial charge on any atom is -0.744 e. The normalized spacial score (nSPS) is 11.4. The average Bonchev–Trinajstić information content (AvgIpc) is 2.49. The molecule has 0 amide bonds. The zero-order chi connectivity index (χ0) is 17.9. The molecule has 0 aliphatic rings. The van der Waals surface area contributed by atoms with Crippen molar-refractivity contribution in [1.29, 1.82) is 0 Å². The maximum absolute atomic E-state index is 11.1. The van der Waals surface area contributed by atoms with Crippen molar-refractivity contribution in [1.82, 2.24) is 0 Å². The van der Waals surface area contributed by atoms with E-state index in [1.807, 2.05) is 13.8 Å². The van der Waals surface area contributed by atoms with Crippen LogP contribution in [-0.2, 0) is 10.1 Å². The number of halogens is 1. The molecule has 2 aromatic carbocycles. The van der Waals surface area contributed by atoms with Crippen molar-refractivity contribution in [2.75, 3.05) is 12.3 Å². The van der Waals surface area contributed by atoms with Gasteiger partial charge in [-0.3, -0.25) is 0 Å². The molecule has 0 aliphatic carbocycles. The van der Waals surface area contributed by atoms with E-state index in [-0.39, 0.29) is 40.3 Å². The summed E-state index contributed by atoms with van der Waals surface area (Å²) in [6.07, 6.45) is 0. The van der Waals surface area contributed by atoms with Crippen LogP contribution in [0.25, 0.3) is 0 Å². The van der Waals surface area contributed by atoms with Gasteiger partial charge in [0.15, 0.2) is 0 Å². The van der Waals surface area contributed by atoms with E-state index in [0.29, 0.717) is 23.7 Å². The molecule has 10 heteroatoms. The Morgan fingerprint density at radius 3 is 2.52 bits per heavy atom. The second-order valence-corrected chi connectivity index (χ2v) is 6.63. The summed E-state index contributed by atoms with van der Waals surface area (Å²) in [6.45, 7) is 4.15. The Morgan fingerprint density at radius 1 is 1.24 bits per heavy atom. The third-order valence-corrected chi connectivity index (χ3v) is 4.40. The molecule has 25 heavy (non-hydrogen) atoms. The van der Waals surface area contributed by atoms with Crippen LogP contribution in [0, 0.1) is 6.92 Å². The summed E-state index contributed by atoms with van der Waals surface area (Å²) in [4.78, 5) is -0.538. The molecule has 2 aromatic rings. The van der Waals surface area contributed by atoms with Crippen molar-refractivity contribution >= 4 is 38.8 Å². The smallest absolute Gasteiger partial charge is 0.744 e. The molecule has 0 atom stereocenters. The first-order valence-electron chi connectivity index (χ1n) is 6.92. The molecule has 0 fully saturated rings. The summed E-state index contributed by atoms with van der Waals surface area (Å²) in [5.74, 6) is 0.556. The Balaban J connectivity index is 0.00000312. The van der Waals surface area contributed by atoms with E-state index in [1.54, 1.807) is 12.1 Å². The summed E-state index contributed by atoms with van der Waals surface area (Å²) < 4.78 is 38.8. The van der Waals surface area contributed by atoms with Crippen LogP contribution in [0.3, 0.4) is 0 Å². The quantitative estimate of drug-likeness (QED) is 0.352. The number of hydrogen-bond acceptors (Lipinski definition) is 7. The number of benzene rings is 2. The van der Waals surface area contributed by atoms with Crippen LogP contribution >= 0.6 is 11.6 Å². The number of nitrogens with zero attached hydrogens (tertiary/aromatic N) is 2. The fourth-order valence-corrected chi connectivity index (χ4v) is 2.90. The third-order valence-electron chi connectivity index (χ3n) is 3.09. The van der Waals surface area contributed by atoms with Gasteiger partial charge in [0.25, 0.3) is 0 Å². The van der Waals surface area contributed by atoms with Gasteiger partial charge in [0.1, 0.15) is 15.9 Å². The Labute approximate surface area is 173 Å². The van der Waals surface area contributed by atoms with Crippen LogP contribution in [-0.4, -0.2) is 19.6 Å². The standard InChI is InChI=1S/C15H16ClN3O4S.Na/c1-3-23-14-6-9(2)13(8-12(14)17)19-18-10-4-5-11(16)15(7-10)24(20,21)22;/h4-8H,3,17H2,1-2H3,(H,20,21,22);/q;+1/p-1. The van der Waals surface area contributed by atoms with Gasteiger partial charge in [-0.15, -0.1) is 0 Å². The first-order chi connectivity index (χ1) is 11.2. The minimum absolute atomic E-state index is 0. The number of ether oxygens (including phenoxy) is 1. The summed E-state index contributed by atoms with van der Waals surface area (Å²) in [6, 6.07) is 7.14. The molecule has 2 N–H and O–H groups in total. The number of nitrogen functional groups attached to an aromatic ring is 1. The van der Waals surface area contributed by atoms with E-state index in [0.717, 1.165) is 11.6 Å². The molecule has 0 unspecified atom stereocenters. The molecule has 0 saturated heterocycles. The zero-order valence-electron chi connectivity index (χ0n) is 14.0. The van der Waals surface area contributed by atoms with E-state index in [1.165, 1.54) is 12.1 Å². The number of nitrogens with two attached hydrogens (primary N) is 1. The number of anilines is 1. The van der Waals surface area contributed by atoms with Gasteiger partial charge in [0, 0.05) is 0 Å². The van der Waals surface area contributed by atoms with Gasteiger partial charge < -0.3 is 15.0 Å². The van der Waals surface area contributed by atoms with Crippen molar-refractivity contribution in [3.05, 3.63) is 40.9 Å².